The number of carbonyl (C=O) groups is 1. The Hall–Kier alpha value is -2.63. The largest absolute Gasteiger partial charge is 0.488 e. The molecule has 6 nitrogen and oxygen atoms in total. The molecule has 1 atom stereocenters. The van der Waals surface area contributed by atoms with Gasteiger partial charge in [-0.1, -0.05) is 30.8 Å². The van der Waals surface area contributed by atoms with Crippen LogP contribution in [0.1, 0.15) is 48.4 Å². The van der Waals surface area contributed by atoms with Gasteiger partial charge in [-0.05, 0) is 38.0 Å². The second-order valence-electron chi connectivity index (χ2n) is 5.36. The zero-order valence-electron chi connectivity index (χ0n) is 13.6. The Bertz CT molecular complexity index is 694. The van der Waals surface area contributed by atoms with Crippen molar-refractivity contribution in [3.63, 3.8) is 0 Å². The Labute approximate surface area is 135 Å². The standard InChI is InChI=1S/C17H21N3O3/c1-5-14(17-18-12(4)20-23-17)19-16(21)13-8-6-7-9-15(13)22-10-11(2)3/h6-9,14H,2,5,10H2,1,3-4H3,(H,19,21)/t14-/m0/s1. The van der Waals surface area contributed by atoms with Crippen molar-refractivity contribution < 1.29 is 14.1 Å². The predicted molar refractivity (Wildman–Crippen MR) is 86.3 cm³/mol. The van der Waals surface area contributed by atoms with Gasteiger partial charge < -0.3 is 14.6 Å². The van der Waals surface area contributed by atoms with E-state index in [1.165, 1.54) is 0 Å². The summed E-state index contributed by atoms with van der Waals surface area (Å²) in [5, 5.41) is 6.66. The van der Waals surface area contributed by atoms with Crippen molar-refractivity contribution in [2.75, 3.05) is 6.61 Å². The number of nitrogens with zero attached hydrogens (tertiary/aromatic N) is 2. The molecular weight excluding hydrogens is 294 g/mol. The van der Waals surface area contributed by atoms with Crippen LogP contribution in [0.4, 0.5) is 0 Å². The Morgan fingerprint density at radius 3 is 2.78 bits per heavy atom. The summed E-state index contributed by atoms with van der Waals surface area (Å²) >= 11 is 0. The lowest BCUT2D eigenvalue weighted by Gasteiger charge is -2.15. The maximum atomic E-state index is 12.6. The van der Waals surface area contributed by atoms with E-state index >= 15 is 0 Å². The number of rotatable bonds is 7. The molecule has 1 N–H and O–H groups in total. The van der Waals surface area contributed by atoms with Gasteiger partial charge in [-0.3, -0.25) is 4.79 Å². The number of para-hydroxylation sites is 1. The molecule has 0 fully saturated rings. The molecule has 6 heteroatoms. The number of nitrogens with one attached hydrogen (secondary N) is 1. The molecule has 0 aliphatic rings. The van der Waals surface area contributed by atoms with Crippen LogP contribution in [0, 0.1) is 6.92 Å². The lowest BCUT2D eigenvalue weighted by Crippen LogP contribution is -2.28. The Morgan fingerprint density at radius 2 is 2.17 bits per heavy atom. The highest BCUT2D eigenvalue weighted by molar-refractivity contribution is 5.97. The smallest absolute Gasteiger partial charge is 0.255 e. The minimum Gasteiger partial charge on any atom is -0.488 e. The second kappa shape index (κ2) is 7.58. The monoisotopic (exact) mass is 315 g/mol. The highest BCUT2D eigenvalue weighted by atomic mass is 16.5. The Kier molecular flexibility index (Phi) is 5.51. The van der Waals surface area contributed by atoms with Gasteiger partial charge in [-0.15, -0.1) is 0 Å². The fraction of sp³-hybridized carbons (Fsp3) is 0.353. The van der Waals surface area contributed by atoms with Gasteiger partial charge in [-0.25, -0.2) is 0 Å². The average Bonchev–Trinajstić information content (AvgIpc) is 2.97. The molecule has 0 bridgehead atoms. The van der Waals surface area contributed by atoms with Gasteiger partial charge >= 0.3 is 0 Å². The molecule has 2 aromatic rings. The summed E-state index contributed by atoms with van der Waals surface area (Å²) in [6, 6.07) is 6.76. The molecular formula is C17H21N3O3. The number of aryl methyl sites for hydroxylation is 1. The number of hydrogen-bond acceptors (Lipinski definition) is 5. The van der Waals surface area contributed by atoms with Crippen molar-refractivity contribution in [1.82, 2.24) is 15.5 Å². The summed E-state index contributed by atoms with van der Waals surface area (Å²) in [4.78, 5) is 16.7. The molecule has 122 valence electrons. The first-order valence-electron chi connectivity index (χ1n) is 7.48. The quantitative estimate of drug-likeness (QED) is 0.794. The number of benzene rings is 1. The summed E-state index contributed by atoms with van der Waals surface area (Å²) in [6.45, 7) is 9.71. The molecule has 0 saturated heterocycles. The number of ether oxygens (including phenoxy) is 1. The van der Waals surface area contributed by atoms with Gasteiger partial charge in [0, 0.05) is 0 Å². The van der Waals surface area contributed by atoms with Crippen LogP contribution in [0.2, 0.25) is 0 Å². The number of carbonyl (C=O) groups excluding carboxylic acids is 1. The molecule has 2 rings (SSSR count). The molecule has 0 radical (unpaired) electrons. The Morgan fingerprint density at radius 1 is 1.43 bits per heavy atom. The van der Waals surface area contributed by atoms with Gasteiger partial charge in [0.2, 0.25) is 5.89 Å². The maximum Gasteiger partial charge on any atom is 0.255 e. The molecule has 0 saturated carbocycles. The summed E-state index contributed by atoms with van der Waals surface area (Å²) < 4.78 is 10.8. The summed E-state index contributed by atoms with van der Waals surface area (Å²) in [7, 11) is 0. The molecule has 1 aromatic heterocycles. The van der Waals surface area contributed by atoms with Gasteiger partial charge in [0.1, 0.15) is 18.4 Å². The van der Waals surface area contributed by atoms with Crippen LogP contribution in [0.3, 0.4) is 0 Å². The van der Waals surface area contributed by atoms with E-state index in [-0.39, 0.29) is 11.9 Å². The molecule has 1 heterocycles. The van der Waals surface area contributed by atoms with E-state index < -0.39 is 0 Å². The third-order valence-electron chi connectivity index (χ3n) is 3.16. The van der Waals surface area contributed by atoms with E-state index in [2.05, 4.69) is 22.0 Å². The summed E-state index contributed by atoms with van der Waals surface area (Å²) in [6.07, 6.45) is 0.641. The van der Waals surface area contributed by atoms with E-state index in [0.717, 1.165) is 5.57 Å². The van der Waals surface area contributed by atoms with Gasteiger partial charge in [0.05, 0.1) is 5.56 Å². The first kappa shape index (κ1) is 16.7. The van der Waals surface area contributed by atoms with E-state index in [4.69, 9.17) is 9.26 Å². The molecule has 0 unspecified atom stereocenters. The normalized spacial score (nSPS) is 11.8. The van der Waals surface area contributed by atoms with Crippen molar-refractivity contribution in [3.8, 4) is 5.75 Å². The third-order valence-corrected chi connectivity index (χ3v) is 3.16. The summed E-state index contributed by atoms with van der Waals surface area (Å²) in [5.74, 6) is 1.21. The van der Waals surface area contributed by atoms with Crippen LogP contribution >= 0.6 is 0 Å². The minimum absolute atomic E-state index is 0.245. The molecule has 1 aromatic carbocycles. The zero-order valence-corrected chi connectivity index (χ0v) is 13.6. The molecule has 23 heavy (non-hydrogen) atoms. The lowest BCUT2D eigenvalue weighted by atomic mass is 10.1. The molecule has 1 amide bonds. The van der Waals surface area contributed by atoms with E-state index in [9.17, 15) is 4.79 Å². The first-order valence-corrected chi connectivity index (χ1v) is 7.48. The van der Waals surface area contributed by atoms with E-state index in [1.807, 2.05) is 19.9 Å². The predicted octanol–water partition coefficient (Wildman–Crippen LogP) is 3.21. The van der Waals surface area contributed by atoms with E-state index in [1.54, 1.807) is 25.1 Å². The second-order valence-corrected chi connectivity index (χ2v) is 5.36. The minimum atomic E-state index is -0.335. The fourth-order valence-electron chi connectivity index (χ4n) is 2.01. The molecule has 0 aliphatic heterocycles. The SMILES string of the molecule is C=C(C)COc1ccccc1C(=O)N[C@@H](CC)c1nc(C)no1. The third kappa shape index (κ3) is 4.42. The van der Waals surface area contributed by atoms with Crippen molar-refractivity contribution in [1.29, 1.82) is 0 Å². The topological polar surface area (TPSA) is 77.2 Å². The fourth-order valence-corrected chi connectivity index (χ4v) is 2.01. The number of aromatic nitrogens is 2. The van der Waals surface area contributed by atoms with Crippen molar-refractivity contribution in [2.45, 2.75) is 33.2 Å². The number of hydrogen-bond donors (Lipinski definition) is 1. The zero-order chi connectivity index (χ0) is 16.8. The summed E-state index contributed by atoms with van der Waals surface area (Å²) in [5.41, 5.74) is 1.34. The Balaban J connectivity index is 2.14. The van der Waals surface area contributed by atoms with Gasteiger partial charge in [0.25, 0.3) is 5.91 Å². The van der Waals surface area contributed by atoms with Crippen LogP contribution in [0.15, 0.2) is 40.9 Å². The molecule has 0 aliphatic carbocycles. The van der Waals surface area contributed by atoms with Crippen LogP contribution in [-0.2, 0) is 0 Å². The van der Waals surface area contributed by atoms with Crippen molar-refractivity contribution in [3.05, 3.63) is 53.7 Å². The maximum absolute atomic E-state index is 12.6. The average molecular weight is 315 g/mol. The van der Waals surface area contributed by atoms with Gasteiger partial charge in [-0.2, -0.15) is 4.98 Å². The lowest BCUT2D eigenvalue weighted by molar-refractivity contribution is 0.0923. The van der Waals surface area contributed by atoms with Crippen LogP contribution in [0.25, 0.3) is 0 Å². The highest BCUT2D eigenvalue weighted by Crippen LogP contribution is 2.21. The molecule has 0 spiro atoms. The highest BCUT2D eigenvalue weighted by Gasteiger charge is 2.21. The van der Waals surface area contributed by atoms with Crippen molar-refractivity contribution >= 4 is 5.91 Å². The van der Waals surface area contributed by atoms with Crippen LogP contribution < -0.4 is 10.1 Å². The van der Waals surface area contributed by atoms with Crippen molar-refractivity contribution in [2.24, 2.45) is 0 Å². The first-order chi connectivity index (χ1) is 11.0. The van der Waals surface area contributed by atoms with Crippen LogP contribution in [-0.4, -0.2) is 22.7 Å². The van der Waals surface area contributed by atoms with Crippen LogP contribution in [0.5, 0.6) is 5.75 Å². The van der Waals surface area contributed by atoms with E-state index in [0.29, 0.717) is 36.1 Å². The van der Waals surface area contributed by atoms with Gasteiger partial charge in [0.15, 0.2) is 5.82 Å². The number of amides is 1.